The minimum Gasteiger partial charge on any atom is -0.465 e. The molecule has 1 aromatic carbocycles. The number of nitrogens with one attached hydrogen (secondary N) is 1. The molecule has 26 heavy (non-hydrogen) atoms. The second-order valence-corrected chi connectivity index (χ2v) is 6.46. The summed E-state index contributed by atoms with van der Waals surface area (Å²) in [5.74, 6) is -2.08. The van der Waals surface area contributed by atoms with Crippen LogP contribution in [0.15, 0.2) is 29.3 Å². The van der Waals surface area contributed by atoms with Gasteiger partial charge in [0, 0.05) is 26.2 Å². The molecule has 8 heteroatoms. The van der Waals surface area contributed by atoms with Crippen molar-refractivity contribution >= 4 is 17.8 Å². The highest BCUT2D eigenvalue weighted by Gasteiger charge is 2.42. The first-order valence-corrected chi connectivity index (χ1v) is 8.74. The Balaban J connectivity index is 1.93. The first-order valence-electron chi connectivity index (χ1n) is 8.74. The minimum absolute atomic E-state index is 0.174. The summed E-state index contributed by atoms with van der Waals surface area (Å²) < 4.78 is 18.4. The van der Waals surface area contributed by atoms with Crippen LogP contribution in [0.1, 0.15) is 18.5 Å². The molecule has 0 saturated carbocycles. The van der Waals surface area contributed by atoms with Crippen molar-refractivity contribution in [1.29, 1.82) is 0 Å². The number of esters is 1. The molecule has 140 valence electrons. The van der Waals surface area contributed by atoms with Gasteiger partial charge in [-0.05, 0) is 31.7 Å². The summed E-state index contributed by atoms with van der Waals surface area (Å²) in [7, 11) is 2.04. The highest BCUT2D eigenvalue weighted by atomic mass is 19.1. The Morgan fingerprint density at radius 1 is 1.27 bits per heavy atom. The molecule has 7 nitrogen and oxygen atoms in total. The first-order chi connectivity index (χ1) is 12.5. The number of rotatable bonds is 3. The Morgan fingerprint density at radius 3 is 2.54 bits per heavy atom. The molecule has 0 spiro atoms. The predicted octanol–water partition coefficient (Wildman–Crippen LogP) is 0.779. The number of guanidine groups is 1. The average Bonchev–Trinajstić information content (AvgIpc) is 2.62. The summed E-state index contributed by atoms with van der Waals surface area (Å²) >= 11 is 0. The molecular weight excluding hydrogens is 339 g/mol. The van der Waals surface area contributed by atoms with Crippen LogP contribution in [0.4, 0.5) is 4.39 Å². The molecule has 2 aliphatic rings. The molecule has 3 rings (SSSR count). The van der Waals surface area contributed by atoms with Gasteiger partial charge in [-0.2, -0.15) is 0 Å². The van der Waals surface area contributed by atoms with Crippen molar-refractivity contribution < 1.29 is 18.7 Å². The maximum atomic E-state index is 13.3. The zero-order valence-electron chi connectivity index (χ0n) is 14.9. The van der Waals surface area contributed by atoms with Crippen LogP contribution in [0, 0.1) is 11.7 Å². The molecule has 2 heterocycles. The van der Waals surface area contributed by atoms with Gasteiger partial charge in [0.05, 0.1) is 6.61 Å². The standard InChI is InChI=1S/C18H23FN4O3/c1-3-26-17(25)14-15(12-4-6-13(19)7-5-12)20-18(21-16(14)24)23-10-8-22(2)9-11-23/h4-7,14-15H,3,8-11H2,1-2H3,(H,20,21,24)/t14-,15-/m0/s1. The molecule has 2 aliphatic heterocycles. The van der Waals surface area contributed by atoms with Crippen molar-refractivity contribution in [1.82, 2.24) is 15.1 Å². The van der Waals surface area contributed by atoms with Gasteiger partial charge in [0.15, 0.2) is 5.92 Å². The summed E-state index contributed by atoms with van der Waals surface area (Å²) in [6.45, 7) is 5.04. The van der Waals surface area contributed by atoms with Gasteiger partial charge in [-0.15, -0.1) is 0 Å². The lowest BCUT2D eigenvalue weighted by atomic mass is 9.91. The lowest BCUT2D eigenvalue weighted by Crippen LogP contribution is -2.56. The van der Waals surface area contributed by atoms with Crippen LogP contribution in [0.3, 0.4) is 0 Å². The van der Waals surface area contributed by atoms with E-state index in [0.29, 0.717) is 11.5 Å². The Kier molecular flexibility index (Phi) is 5.51. The lowest BCUT2D eigenvalue weighted by molar-refractivity contribution is -0.153. The lowest BCUT2D eigenvalue weighted by Gasteiger charge is -2.37. The molecule has 0 unspecified atom stereocenters. The number of aliphatic imine (C=N–C) groups is 1. The maximum absolute atomic E-state index is 13.3. The zero-order chi connectivity index (χ0) is 18.7. The van der Waals surface area contributed by atoms with E-state index in [1.165, 1.54) is 12.1 Å². The van der Waals surface area contributed by atoms with Crippen LogP contribution >= 0.6 is 0 Å². The van der Waals surface area contributed by atoms with Crippen molar-refractivity contribution in [3.05, 3.63) is 35.6 Å². The van der Waals surface area contributed by atoms with E-state index in [9.17, 15) is 14.0 Å². The molecular formula is C18H23FN4O3. The van der Waals surface area contributed by atoms with Crippen molar-refractivity contribution in [2.45, 2.75) is 13.0 Å². The number of benzene rings is 1. The van der Waals surface area contributed by atoms with Gasteiger partial charge in [-0.1, -0.05) is 12.1 Å². The SMILES string of the molecule is CCOC(=O)[C@@H]1C(=O)NC(N2CCN(C)CC2)=N[C@H]1c1ccc(F)cc1. The van der Waals surface area contributed by atoms with Gasteiger partial charge in [0.2, 0.25) is 11.9 Å². The van der Waals surface area contributed by atoms with Gasteiger partial charge in [0.25, 0.3) is 0 Å². The number of carbonyl (C=O) groups is 2. The summed E-state index contributed by atoms with van der Waals surface area (Å²) in [5, 5.41) is 2.75. The van der Waals surface area contributed by atoms with Crippen LogP contribution in [0.5, 0.6) is 0 Å². The number of hydrogen-bond donors (Lipinski definition) is 1. The van der Waals surface area contributed by atoms with Crippen LogP contribution < -0.4 is 5.32 Å². The van der Waals surface area contributed by atoms with Crippen molar-refractivity contribution in [2.75, 3.05) is 39.8 Å². The molecule has 0 aromatic heterocycles. The third-order valence-corrected chi connectivity index (χ3v) is 4.65. The molecule has 0 radical (unpaired) electrons. The van der Waals surface area contributed by atoms with E-state index in [-0.39, 0.29) is 12.4 Å². The predicted molar refractivity (Wildman–Crippen MR) is 93.9 cm³/mol. The molecule has 1 N–H and O–H groups in total. The largest absolute Gasteiger partial charge is 0.465 e. The van der Waals surface area contributed by atoms with Crippen LogP contribution in [-0.2, 0) is 14.3 Å². The third kappa shape index (κ3) is 3.85. The number of likely N-dealkylation sites (N-methyl/N-ethyl adjacent to an activating group) is 1. The molecule has 1 fully saturated rings. The molecule has 1 amide bonds. The second-order valence-electron chi connectivity index (χ2n) is 6.46. The van der Waals surface area contributed by atoms with Crippen LogP contribution in [0.25, 0.3) is 0 Å². The summed E-state index contributed by atoms with van der Waals surface area (Å²) in [5.41, 5.74) is 0.603. The Hall–Kier alpha value is -2.48. The van der Waals surface area contributed by atoms with Crippen molar-refractivity contribution in [2.24, 2.45) is 10.9 Å². The van der Waals surface area contributed by atoms with E-state index in [1.807, 2.05) is 11.9 Å². The summed E-state index contributed by atoms with van der Waals surface area (Å²) in [6, 6.07) is 4.97. The van der Waals surface area contributed by atoms with E-state index in [4.69, 9.17) is 4.74 Å². The van der Waals surface area contributed by atoms with E-state index >= 15 is 0 Å². The van der Waals surface area contributed by atoms with Crippen molar-refractivity contribution in [3.8, 4) is 0 Å². The quantitative estimate of drug-likeness (QED) is 0.635. The summed E-state index contributed by atoms with van der Waals surface area (Å²) in [6.07, 6.45) is 0. The van der Waals surface area contributed by atoms with E-state index in [2.05, 4.69) is 15.2 Å². The van der Waals surface area contributed by atoms with Gasteiger partial charge < -0.3 is 14.5 Å². The maximum Gasteiger partial charge on any atom is 0.321 e. The number of nitrogens with zero attached hydrogens (tertiary/aromatic N) is 3. The number of carbonyl (C=O) groups excluding carboxylic acids is 2. The molecule has 1 saturated heterocycles. The fourth-order valence-corrected chi connectivity index (χ4v) is 3.14. The smallest absolute Gasteiger partial charge is 0.321 e. The second kappa shape index (κ2) is 7.82. The van der Waals surface area contributed by atoms with E-state index in [1.54, 1.807) is 19.1 Å². The Labute approximate surface area is 151 Å². The number of piperazine rings is 1. The van der Waals surface area contributed by atoms with E-state index in [0.717, 1.165) is 26.2 Å². The Morgan fingerprint density at radius 2 is 1.92 bits per heavy atom. The normalized spacial score (nSPS) is 24.0. The number of amides is 1. The van der Waals surface area contributed by atoms with E-state index < -0.39 is 23.8 Å². The fourth-order valence-electron chi connectivity index (χ4n) is 3.14. The van der Waals surface area contributed by atoms with Gasteiger partial charge in [-0.25, -0.2) is 9.38 Å². The third-order valence-electron chi connectivity index (χ3n) is 4.65. The first kappa shape index (κ1) is 18.3. The van der Waals surface area contributed by atoms with Gasteiger partial charge in [-0.3, -0.25) is 14.9 Å². The van der Waals surface area contributed by atoms with Crippen LogP contribution in [0.2, 0.25) is 0 Å². The molecule has 0 aliphatic carbocycles. The Bertz CT molecular complexity index is 699. The zero-order valence-corrected chi connectivity index (χ0v) is 14.9. The van der Waals surface area contributed by atoms with Gasteiger partial charge in [0.1, 0.15) is 11.9 Å². The number of hydrogen-bond acceptors (Lipinski definition) is 6. The van der Waals surface area contributed by atoms with Gasteiger partial charge >= 0.3 is 5.97 Å². The molecule has 0 bridgehead atoms. The number of halogens is 1. The highest BCUT2D eigenvalue weighted by Crippen LogP contribution is 2.31. The molecule has 1 aromatic rings. The average molecular weight is 362 g/mol. The number of ether oxygens (including phenoxy) is 1. The molecule has 2 atom stereocenters. The monoisotopic (exact) mass is 362 g/mol. The van der Waals surface area contributed by atoms with Crippen molar-refractivity contribution in [3.63, 3.8) is 0 Å². The summed E-state index contributed by atoms with van der Waals surface area (Å²) in [4.78, 5) is 33.8. The topological polar surface area (TPSA) is 74.2 Å². The minimum atomic E-state index is -1.09. The van der Waals surface area contributed by atoms with Crippen LogP contribution in [-0.4, -0.2) is 67.5 Å². The fraction of sp³-hybridized carbons (Fsp3) is 0.500. The highest BCUT2D eigenvalue weighted by molar-refractivity contribution is 6.08.